The van der Waals surface area contributed by atoms with E-state index >= 15 is 0 Å². The number of rotatable bonds is 65. The van der Waals surface area contributed by atoms with E-state index in [1.165, 1.54) is 128 Å². The highest BCUT2D eigenvalue weighted by Gasteiger charge is 2.22. The van der Waals surface area contributed by atoms with Gasteiger partial charge in [-0.2, -0.15) is 0 Å². The molecule has 0 saturated heterocycles. The summed E-state index contributed by atoms with van der Waals surface area (Å²) in [7, 11) is 1.13. The molecule has 0 aliphatic carbocycles. The number of phosphoric ester groups is 1. The first-order chi connectivity index (χ1) is 44.0. The number of ether oxygens (including phenoxy) is 2. The average Bonchev–Trinajstić information content (AvgIpc) is 3.62. The maximum absolute atomic E-state index is 12.9. The van der Waals surface area contributed by atoms with Crippen LogP contribution in [0, 0.1) is 0 Å². The van der Waals surface area contributed by atoms with E-state index in [-0.39, 0.29) is 26.1 Å². The second-order valence-electron chi connectivity index (χ2n) is 24.9. The summed E-state index contributed by atoms with van der Waals surface area (Å²) in [5, 5.41) is 0. The Morgan fingerprint density at radius 1 is 0.356 bits per heavy atom. The van der Waals surface area contributed by atoms with Crippen molar-refractivity contribution < 1.29 is 42.1 Å². The van der Waals surface area contributed by atoms with Gasteiger partial charge >= 0.3 is 11.9 Å². The van der Waals surface area contributed by atoms with E-state index in [1.807, 2.05) is 21.1 Å². The molecule has 10 heteroatoms. The number of nitrogens with zero attached hydrogens (tertiary/aromatic N) is 1. The number of hydrogen-bond donors (Lipinski definition) is 0. The lowest BCUT2D eigenvalue weighted by atomic mass is 10.0. The van der Waals surface area contributed by atoms with Crippen LogP contribution in [0.4, 0.5) is 0 Å². The Hall–Kier alpha value is -4.37. The molecule has 0 amide bonds. The number of hydrogen-bond acceptors (Lipinski definition) is 8. The molecule has 512 valence electrons. The van der Waals surface area contributed by atoms with Crippen LogP contribution in [0.2, 0.25) is 0 Å². The Labute approximate surface area is 554 Å². The molecule has 0 aromatic heterocycles. The lowest BCUT2D eigenvalue weighted by Gasteiger charge is -2.28. The van der Waals surface area contributed by atoms with Gasteiger partial charge in [0.05, 0.1) is 27.7 Å². The van der Waals surface area contributed by atoms with Gasteiger partial charge in [-0.15, -0.1) is 0 Å². The fourth-order valence-electron chi connectivity index (χ4n) is 9.52. The largest absolute Gasteiger partial charge is 0.756 e. The van der Waals surface area contributed by atoms with Crippen LogP contribution in [0.3, 0.4) is 0 Å². The van der Waals surface area contributed by atoms with Gasteiger partial charge in [-0.05, 0) is 128 Å². The SMILES string of the molecule is CC/C=C\C/C=C\C/C=C\C/C=C\C/C=C\C/C=C\C/C=C\C/C=C\C/C=C\C/C=C\C/C=C\C/C=C\CCCCCCC(=O)OC(COC(=O)CCCCCCCCCCCCCCC/C=C\CCCCCCCCCC)COP(=O)([O-])OCC[N+](C)(C)C. The Morgan fingerprint density at radius 3 is 0.956 bits per heavy atom. The quantitative estimate of drug-likeness (QED) is 0.0195. The molecule has 0 aromatic rings. The van der Waals surface area contributed by atoms with E-state index in [4.69, 9.17) is 18.5 Å². The zero-order chi connectivity index (χ0) is 65.5. The molecule has 0 saturated carbocycles. The van der Waals surface area contributed by atoms with Gasteiger partial charge in [-0.3, -0.25) is 14.2 Å². The second-order valence-corrected chi connectivity index (χ2v) is 26.3. The van der Waals surface area contributed by atoms with Gasteiger partial charge in [-0.1, -0.05) is 300 Å². The van der Waals surface area contributed by atoms with Crippen LogP contribution in [0.25, 0.3) is 0 Å². The third-order valence-corrected chi connectivity index (χ3v) is 16.0. The smallest absolute Gasteiger partial charge is 0.306 e. The maximum Gasteiger partial charge on any atom is 0.306 e. The number of esters is 2. The van der Waals surface area contributed by atoms with E-state index in [9.17, 15) is 19.0 Å². The van der Waals surface area contributed by atoms with E-state index in [2.05, 4.69) is 172 Å². The Morgan fingerprint density at radius 2 is 0.633 bits per heavy atom. The van der Waals surface area contributed by atoms with Gasteiger partial charge in [0.15, 0.2) is 6.10 Å². The summed E-state index contributed by atoms with van der Waals surface area (Å²) < 4.78 is 34.3. The molecule has 0 aliphatic heterocycles. The minimum Gasteiger partial charge on any atom is -0.756 e. The minimum atomic E-state index is -4.66. The van der Waals surface area contributed by atoms with Crippen molar-refractivity contribution in [2.24, 2.45) is 0 Å². The molecule has 0 radical (unpaired) electrons. The molecule has 0 spiro atoms. The zero-order valence-electron chi connectivity index (χ0n) is 58.3. The van der Waals surface area contributed by atoms with Gasteiger partial charge in [0.2, 0.25) is 0 Å². The van der Waals surface area contributed by atoms with Crippen molar-refractivity contribution in [3.63, 3.8) is 0 Å². The van der Waals surface area contributed by atoms with E-state index < -0.39 is 32.5 Å². The van der Waals surface area contributed by atoms with Crippen LogP contribution in [-0.2, 0) is 32.7 Å². The standard InChI is InChI=1S/C80H134NO8P/c1-6-8-10-12-14-16-18-20-22-24-26-28-30-32-33-34-35-36-37-38-39-40-41-42-43-44-45-46-47-49-51-53-55-57-59-61-63-65-67-69-71-73-80(83)89-78(77-88-90(84,85)87-75-74-81(3,4)5)76-86-79(82)72-70-68-66-64-62-60-58-56-54-52-50-48-31-29-27-25-23-21-19-17-15-13-11-9-7-2/h8,10,14,16,20,22,25-28,32-33,35-36,38-39,41-42,44-45,47,49,53,55,59,61,78H,6-7,9,11-13,15,17-19,21,23-24,29-31,34,37,40,43,46,48,50-52,54,56-58,60,62-77H2,1-5H3/b10-8-,16-14-,22-20-,27-25-,28-26-,33-32-,36-35-,39-38-,42-41-,45-44-,49-47-,55-53-,61-59-. The van der Waals surface area contributed by atoms with Gasteiger partial charge in [0, 0.05) is 12.8 Å². The minimum absolute atomic E-state index is 0.0433. The van der Waals surface area contributed by atoms with Crippen LogP contribution in [-0.4, -0.2) is 70.0 Å². The molecule has 0 rings (SSSR count). The van der Waals surface area contributed by atoms with Crippen LogP contribution in [0.15, 0.2) is 158 Å². The molecule has 0 aliphatic rings. The fourth-order valence-corrected chi connectivity index (χ4v) is 10.2. The third kappa shape index (κ3) is 72.7. The van der Waals surface area contributed by atoms with Crippen molar-refractivity contribution in [1.29, 1.82) is 0 Å². The summed E-state index contributed by atoms with van der Waals surface area (Å²) in [4.78, 5) is 38.1. The number of quaternary nitrogens is 1. The van der Waals surface area contributed by atoms with Crippen molar-refractivity contribution >= 4 is 19.8 Å². The third-order valence-electron chi connectivity index (χ3n) is 15.0. The second kappa shape index (κ2) is 69.0. The lowest BCUT2D eigenvalue weighted by molar-refractivity contribution is -0.870. The number of allylic oxidation sites excluding steroid dienone is 26. The summed E-state index contributed by atoms with van der Waals surface area (Å²) in [6, 6.07) is 0. The molecule has 2 unspecified atom stereocenters. The summed E-state index contributed by atoms with van der Waals surface area (Å²) in [6.07, 6.45) is 103. The summed E-state index contributed by atoms with van der Waals surface area (Å²) >= 11 is 0. The first kappa shape index (κ1) is 85.6. The summed E-state index contributed by atoms with van der Waals surface area (Å²) in [6.45, 7) is 4.10. The zero-order valence-corrected chi connectivity index (χ0v) is 59.2. The molecule has 2 atom stereocenters. The van der Waals surface area contributed by atoms with Crippen molar-refractivity contribution in [1.82, 2.24) is 0 Å². The van der Waals surface area contributed by atoms with Crippen molar-refractivity contribution in [3.05, 3.63) is 158 Å². The van der Waals surface area contributed by atoms with Gasteiger partial charge in [0.25, 0.3) is 7.82 Å². The molecule has 0 aromatic carbocycles. The summed E-state index contributed by atoms with van der Waals surface area (Å²) in [5.41, 5.74) is 0. The normalized spacial score (nSPS) is 14.1. The highest BCUT2D eigenvalue weighted by Crippen LogP contribution is 2.38. The summed E-state index contributed by atoms with van der Waals surface area (Å²) in [5.74, 6) is -0.866. The Kier molecular flexibility index (Phi) is 65.6. The van der Waals surface area contributed by atoms with Crippen LogP contribution < -0.4 is 4.89 Å². The van der Waals surface area contributed by atoms with Gasteiger partial charge < -0.3 is 27.9 Å². The predicted molar refractivity (Wildman–Crippen MR) is 387 cm³/mol. The average molecular weight is 1270 g/mol. The van der Waals surface area contributed by atoms with Crippen LogP contribution in [0.5, 0.6) is 0 Å². The van der Waals surface area contributed by atoms with E-state index in [0.717, 1.165) is 122 Å². The lowest BCUT2D eigenvalue weighted by Crippen LogP contribution is -2.37. The first-order valence-electron chi connectivity index (χ1n) is 36.2. The number of carbonyl (C=O) groups excluding carboxylic acids is 2. The molecular weight excluding hydrogens is 1130 g/mol. The number of likely N-dealkylation sites (N-methyl/N-ethyl adjacent to an activating group) is 1. The molecule has 0 N–H and O–H groups in total. The monoisotopic (exact) mass is 1270 g/mol. The van der Waals surface area contributed by atoms with Crippen molar-refractivity contribution in [2.75, 3.05) is 47.5 Å². The number of carbonyl (C=O) groups is 2. The topological polar surface area (TPSA) is 111 Å². The van der Waals surface area contributed by atoms with Crippen LogP contribution >= 0.6 is 7.82 Å². The highest BCUT2D eigenvalue weighted by atomic mass is 31.2. The maximum atomic E-state index is 12.9. The highest BCUT2D eigenvalue weighted by molar-refractivity contribution is 7.45. The molecule has 9 nitrogen and oxygen atoms in total. The van der Waals surface area contributed by atoms with Gasteiger partial charge in [0.1, 0.15) is 19.8 Å². The predicted octanol–water partition coefficient (Wildman–Crippen LogP) is 23.3. The molecular formula is C80H134NO8P. The van der Waals surface area contributed by atoms with Crippen molar-refractivity contribution in [2.45, 2.75) is 290 Å². The first-order valence-corrected chi connectivity index (χ1v) is 37.7. The fraction of sp³-hybridized carbons (Fsp3) is 0.650. The van der Waals surface area contributed by atoms with E-state index in [0.29, 0.717) is 17.4 Å². The van der Waals surface area contributed by atoms with E-state index in [1.54, 1.807) is 0 Å². The Balaban J connectivity index is 4.16. The Bertz CT molecular complexity index is 2080. The number of unbranched alkanes of at least 4 members (excludes halogenated alkanes) is 25. The molecule has 0 bridgehead atoms. The number of phosphoric acid groups is 1. The van der Waals surface area contributed by atoms with Crippen molar-refractivity contribution in [3.8, 4) is 0 Å². The van der Waals surface area contributed by atoms with Gasteiger partial charge in [-0.25, -0.2) is 0 Å². The molecule has 90 heavy (non-hydrogen) atoms. The van der Waals surface area contributed by atoms with Crippen LogP contribution in [0.1, 0.15) is 284 Å². The molecule has 0 heterocycles. The molecule has 0 fully saturated rings.